The summed E-state index contributed by atoms with van der Waals surface area (Å²) in [6.07, 6.45) is 5.70. The molecule has 1 aromatic rings. The van der Waals surface area contributed by atoms with Crippen LogP contribution < -0.4 is 4.74 Å². The number of ether oxygens (including phenoxy) is 2. The number of hydrogen-bond acceptors (Lipinski definition) is 3. The van der Waals surface area contributed by atoms with Gasteiger partial charge in [-0.3, -0.25) is 0 Å². The van der Waals surface area contributed by atoms with Crippen LogP contribution in [0.25, 0.3) is 0 Å². The smallest absolute Gasteiger partial charge is 0.410 e. The zero-order valence-corrected chi connectivity index (χ0v) is 19.7. The molecule has 0 aliphatic heterocycles. The van der Waals surface area contributed by atoms with Crippen LogP contribution in [0.1, 0.15) is 84.8 Å². The molecular weight excluding hydrogens is 381 g/mol. The summed E-state index contributed by atoms with van der Waals surface area (Å²) in [6, 6.07) is 3.44. The van der Waals surface area contributed by atoms with Crippen LogP contribution in [0.3, 0.4) is 0 Å². The first-order valence-corrected chi connectivity index (χ1v) is 11.5. The Bertz CT molecular complexity index is 696. The molecule has 1 amide bonds. The summed E-state index contributed by atoms with van der Waals surface area (Å²) in [5.41, 5.74) is 1.18. The topological polar surface area (TPSA) is 38.8 Å². The summed E-state index contributed by atoms with van der Waals surface area (Å²) in [6.45, 7) is 13.3. The number of amides is 1. The molecular formula is C25H40FNO3. The Morgan fingerprint density at radius 2 is 2.03 bits per heavy atom. The number of aryl methyl sites for hydroxylation is 1. The summed E-state index contributed by atoms with van der Waals surface area (Å²) < 4.78 is 26.5. The number of rotatable bonds is 8. The molecule has 2 rings (SSSR count). The van der Waals surface area contributed by atoms with Gasteiger partial charge in [0.05, 0.1) is 6.61 Å². The second-order valence-corrected chi connectivity index (χ2v) is 9.85. The third-order valence-electron chi connectivity index (χ3n) is 5.47. The second-order valence-electron chi connectivity index (χ2n) is 9.85. The van der Waals surface area contributed by atoms with Crippen molar-refractivity contribution in [1.29, 1.82) is 0 Å². The molecule has 4 nitrogen and oxygen atoms in total. The van der Waals surface area contributed by atoms with E-state index in [4.69, 9.17) is 9.47 Å². The van der Waals surface area contributed by atoms with Crippen molar-refractivity contribution in [3.8, 4) is 5.75 Å². The van der Waals surface area contributed by atoms with Gasteiger partial charge in [-0.05, 0) is 82.4 Å². The normalized spacial score (nSPS) is 16.7. The average Bonchev–Trinajstić information content (AvgIpc) is 2.83. The predicted octanol–water partition coefficient (Wildman–Crippen LogP) is 6.54. The van der Waals surface area contributed by atoms with Gasteiger partial charge in [0.1, 0.15) is 17.2 Å². The van der Waals surface area contributed by atoms with E-state index in [1.54, 1.807) is 0 Å². The zero-order chi connectivity index (χ0) is 22.3. The molecule has 0 radical (unpaired) electrons. The van der Waals surface area contributed by atoms with Crippen LogP contribution in [-0.2, 0) is 17.6 Å². The number of unbranched alkanes of at least 4 members (excludes halogenated alkanes) is 1. The van der Waals surface area contributed by atoms with Gasteiger partial charge in [0, 0.05) is 18.7 Å². The Balaban J connectivity index is 2.23. The Labute approximate surface area is 182 Å². The zero-order valence-electron chi connectivity index (χ0n) is 19.7. The number of carbonyl (C=O) groups excluding carboxylic acids is 1. The minimum Gasteiger partial charge on any atom is -0.493 e. The van der Waals surface area contributed by atoms with Gasteiger partial charge in [-0.15, -0.1) is 0 Å². The molecule has 1 aliphatic carbocycles. The molecule has 0 bridgehead atoms. The van der Waals surface area contributed by atoms with Crippen molar-refractivity contribution < 1.29 is 18.7 Å². The Morgan fingerprint density at radius 1 is 1.30 bits per heavy atom. The monoisotopic (exact) mass is 421 g/mol. The van der Waals surface area contributed by atoms with Gasteiger partial charge < -0.3 is 14.4 Å². The van der Waals surface area contributed by atoms with Gasteiger partial charge in [-0.25, -0.2) is 9.18 Å². The van der Waals surface area contributed by atoms with Crippen molar-refractivity contribution in [1.82, 2.24) is 4.90 Å². The molecule has 0 spiro atoms. The van der Waals surface area contributed by atoms with E-state index in [-0.39, 0.29) is 18.0 Å². The lowest BCUT2D eigenvalue weighted by molar-refractivity contribution is 0.0141. The van der Waals surface area contributed by atoms with Crippen LogP contribution in [0, 0.1) is 11.7 Å². The fourth-order valence-electron chi connectivity index (χ4n) is 3.81. The van der Waals surface area contributed by atoms with Crippen molar-refractivity contribution in [2.75, 3.05) is 13.2 Å². The first-order valence-electron chi connectivity index (χ1n) is 11.5. The van der Waals surface area contributed by atoms with Crippen molar-refractivity contribution in [3.63, 3.8) is 0 Å². The van der Waals surface area contributed by atoms with Gasteiger partial charge in [0.25, 0.3) is 0 Å². The van der Waals surface area contributed by atoms with Crippen LogP contribution in [0.2, 0.25) is 0 Å². The molecule has 30 heavy (non-hydrogen) atoms. The number of benzene rings is 1. The maximum atomic E-state index is 15.0. The third-order valence-corrected chi connectivity index (χ3v) is 5.47. The Hall–Kier alpha value is -1.78. The minimum absolute atomic E-state index is 0.0544. The summed E-state index contributed by atoms with van der Waals surface area (Å²) in [5.74, 6) is 0.869. The van der Waals surface area contributed by atoms with Crippen LogP contribution in [0.5, 0.6) is 5.75 Å². The molecule has 1 aliphatic rings. The Kier molecular flexibility index (Phi) is 8.99. The lowest BCUT2D eigenvalue weighted by Gasteiger charge is -2.34. The predicted molar refractivity (Wildman–Crippen MR) is 120 cm³/mol. The second kappa shape index (κ2) is 11.0. The van der Waals surface area contributed by atoms with E-state index in [1.165, 1.54) is 6.07 Å². The highest BCUT2D eigenvalue weighted by molar-refractivity contribution is 5.68. The average molecular weight is 422 g/mol. The van der Waals surface area contributed by atoms with E-state index < -0.39 is 5.60 Å². The molecule has 0 saturated carbocycles. The molecule has 1 aromatic carbocycles. The largest absolute Gasteiger partial charge is 0.493 e. The highest BCUT2D eigenvalue weighted by Crippen LogP contribution is 2.30. The van der Waals surface area contributed by atoms with Crippen LogP contribution in [-0.4, -0.2) is 35.8 Å². The van der Waals surface area contributed by atoms with Crippen LogP contribution in [0.15, 0.2) is 12.1 Å². The summed E-state index contributed by atoms with van der Waals surface area (Å²) in [5, 5.41) is 0. The van der Waals surface area contributed by atoms with Crippen molar-refractivity contribution in [2.24, 2.45) is 5.92 Å². The SMILES string of the molecule is CCCCOc1cc(F)c2c(c1)CCCC(N(CCC(C)C)C(=O)OC(C)(C)C)C2. The van der Waals surface area contributed by atoms with Crippen molar-refractivity contribution in [2.45, 2.75) is 98.1 Å². The first-order chi connectivity index (χ1) is 14.1. The van der Waals surface area contributed by atoms with E-state index in [9.17, 15) is 4.79 Å². The molecule has 0 aromatic heterocycles. The highest BCUT2D eigenvalue weighted by Gasteiger charge is 2.31. The van der Waals surface area contributed by atoms with Crippen LogP contribution >= 0.6 is 0 Å². The molecule has 0 fully saturated rings. The molecule has 170 valence electrons. The van der Waals surface area contributed by atoms with E-state index in [0.29, 0.717) is 31.2 Å². The van der Waals surface area contributed by atoms with Gasteiger partial charge >= 0.3 is 6.09 Å². The molecule has 5 heteroatoms. The summed E-state index contributed by atoms with van der Waals surface area (Å²) in [4.78, 5) is 14.8. The first kappa shape index (κ1) is 24.5. The lowest BCUT2D eigenvalue weighted by Crippen LogP contribution is -2.45. The maximum absolute atomic E-state index is 15.0. The number of halogens is 1. The summed E-state index contributed by atoms with van der Waals surface area (Å²) in [7, 11) is 0. The minimum atomic E-state index is -0.550. The highest BCUT2D eigenvalue weighted by atomic mass is 19.1. The fourth-order valence-corrected chi connectivity index (χ4v) is 3.81. The van der Waals surface area contributed by atoms with E-state index >= 15 is 4.39 Å². The maximum Gasteiger partial charge on any atom is 0.410 e. The number of fused-ring (bicyclic) bond motifs is 1. The molecule has 0 saturated heterocycles. The van der Waals surface area contributed by atoms with E-state index in [2.05, 4.69) is 20.8 Å². The van der Waals surface area contributed by atoms with Gasteiger partial charge in [-0.1, -0.05) is 27.2 Å². The Morgan fingerprint density at radius 3 is 2.67 bits per heavy atom. The number of hydrogen-bond donors (Lipinski definition) is 0. The lowest BCUT2D eigenvalue weighted by atomic mass is 9.99. The molecule has 0 N–H and O–H groups in total. The molecule has 0 heterocycles. The molecule has 1 atom stereocenters. The van der Waals surface area contributed by atoms with Crippen LogP contribution in [0.4, 0.5) is 9.18 Å². The fraction of sp³-hybridized carbons (Fsp3) is 0.720. The van der Waals surface area contributed by atoms with E-state index in [0.717, 1.165) is 49.7 Å². The quantitative estimate of drug-likeness (QED) is 0.353. The van der Waals surface area contributed by atoms with Crippen molar-refractivity contribution >= 4 is 6.09 Å². The summed E-state index contributed by atoms with van der Waals surface area (Å²) >= 11 is 0. The number of carbonyl (C=O) groups is 1. The standard InChI is InChI=1S/C25H40FNO3/c1-7-8-14-29-21-15-19-10-9-11-20(16-22(19)23(26)17-21)27(13-12-18(2)3)24(28)30-25(4,5)6/h15,17-18,20H,7-14,16H2,1-6H3. The van der Waals surface area contributed by atoms with Gasteiger partial charge in [-0.2, -0.15) is 0 Å². The van der Waals surface area contributed by atoms with Gasteiger partial charge in [0.15, 0.2) is 0 Å². The third kappa shape index (κ3) is 7.48. The molecule has 1 unspecified atom stereocenters. The van der Waals surface area contributed by atoms with Gasteiger partial charge in [0.2, 0.25) is 0 Å². The van der Waals surface area contributed by atoms with Crippen molar-refractivity contribution in [3.05, 3.63) is 29.1 Å². The van der Waals surface area contributed by atoms with E-state index in [1.807, 2.05) is 31.7 Å². The number of nitrogens with zero attached hydrogens (tertiary/aromatic N) is 1.